The molecule has 3 heterocycles. The second-order valence-electron chi connectivity index (χ2n) is 10.3. The summed E-state index contributed by atoms with van der Waals surface area (Å²) < 4.78 is 17.8. The van der Waals surface area contributed by atoms with Crippen LogP contribution >= 0.6 is 11.6 Å². The largest absolute Gasteiger partial charge is 0.462 e. The lowest BCUT2D eigenvalue weighted by molar-refractivity contribution is -0.138. The van der Waals surface area contributed by atoms with Crippen molar-refractivity contribution in [2.75, 3.05) is 19.6 Å². The molecule has 0 saturated carbocycles. The Bertz CT molecular complexity index is 1250. The standard InChI is InChI=1S/C23H25ClFN5O2.C5H10O2/c24-22-11-15-10-19(29-20(15)12-28-22)23(32)30-18(9-14-1-3-16(25)4-2-14)21(31)13-27-17-5-7-26-8-6-17;1-5(2,3)7-4-6/h1-4,10-12,17-18,26-27,29H,5-9,13H2,(H,30,32);4H,1-3H3. The molecule has 0 radical (unpaired) electrons. The fraction of sp³-hybridized carbons (Fsp3) is 0.429. The fourth-order valence-electron chi connectivity index (χ4n) is 4.00. The van der Waals surface area contributed by atoms with E-state index >= 15 is 0 Å². The number of Topliss-reactive ketones (excluding diaryl/α,β-unsaturated/α-hetero) is 1. The highest BCUT2D eigenvalue weighted by molar-refractivity contribution is 6.30. The highest BCUT2D eigenvalue weighted by Gasteiger charge is 2.24. The number of benzene rings is 1. The molecular weight excluding hydrogens is 525 g/mol. The first kappa shape index (κ1) is 30.2. The van der Waals surface area contributed by atoms with E-state index in [4.69, 9.17) is 11.6 Å². The van der Waals surface area contributed by atoms with Crippen LogP contribution in [0.5, 0.6) is 0 Å². The molecule has 4 N–H and O–H groups in total. The normalized spacial score (nSPS) is 14.7. The van der Waals surface area contributed by atoms with Gasteiger partial charge in [-0.15, -0.1) is 0 Å². The number of ether oxygens (including phenoxy) is 1. The number of hydrogen-bond acceptors (Lipinski definition) is 7. The lowest BCUT2D eigenvalue weighted by atomic mass is 10.0. The van der Waals surface area contributed by atoms with Crippen LogP contribution < -0.4 is 16.0 Å². The molecule has 1 aromatic carbocycles. The summed E-state index contributed by atoms with van der Waals surface area (Å²) in [6.45, 7) is 7.91. The second-order valence-corrected chi connectivity index (χ2v) is 10.7. The summed E-state index contributed by atoms with van der Waals surface area (Å²) in [7, 11) is 0. The van der Waals surface area contributed by atoms with Crippen LogP contribution in [0.3, 0.4) is 0 Å². The number of hydrogen-bond donors (Lipinski definition) is 4. The van der Waals surface area contributed by atoms with Gasteiger partial charge in [-0.1, -0.05) is 23.7 Å². The third-order valence-electron chi connectivity index (χ3n) is 6.07. The minimum absolute atomic E-state index is 0.123. The number of rotatable bonds is 9. The number of aromatic amines is 1. The molecule has 2 aromatic heterocycles. The SMILES string of the molecule is CC(C)(C)OC=O.O=C(NC(Cc1ccc(F)cc1)C(=O)CNC1CCNCC1)c1cc2cc(Cl)ncc2[nH]1. The molecule has 0 bridgehead atoms. The number of piperidine rings is 1. The van der Waals surface area contributed by atoms with Crippen molar-refractivity contribution in [1.29, 1.82) is 0 Å². The minimum atomic E-state index is -0.754. The smallest absolute Gasteiger partial charge is 0.293 e. The zero-order valence-corrected chi connectivity index (χ0v) is 23.1. The van der Waals surface area contributed by atoms with Gasteiger partial charge in [-0.25, -0.2) is 9.37 Å². The monoisotopic (exact) mass is 559 g/mol. The summed E-state index contributed by atoms with van der Waals surface area (Å²) in [6, 6.07) is 8.79. The third kappa shape index (κ3) is 10.0. The summed E-state index contributed by atoms with van der Waals surface area (Å²) in [5.74, 6) is -0.875. The molecule has 0 aliphatic carbocycles. The van der Waals surface area contributed by atoms with Gasteiger partial charge in [0, 0.05) is 11.4 Å². The second kappa shape index (κ2) is 14.2. The first-order chi connectivity index (χ1) is 18.5. The number of pyridine rings is 1. The van der Waals surface area contributed by atoms with Gasteiger partial charge in [-0.2, -0.15) is 0 Å². The third-order valence-corrected chi connectivity index (χ3v) is 6.28. The van der Waals surface area contributed by atoms with Crippen molar-refractivity contribution in [2.24, 2.45) is 0 Å². The Labute approximate surface area is 232 Å². The van der Waals surface area contributed by atoms with Crippen LogP contribution in [0.1, 0.15) is 49.7 Å². The molecule has 3 aromatic rings. The number of aromatic nitrogens is 2. The van der Waals surface area contributed by atoms with Crippen molar-refractivity contribution in [1.82, 2.24) is 25.9 Å². The van der Waals surface area contributed by atoms with Gasteiger partial charge in [0.2, 0.25) is 0 Å². The molecule has 11 heteroatoms. The van der Waals surface area contributed by atoms with Gasteiger partial charge in [0.1, 0.15) is 22.3 Å². The fourth-order valence-corrected chi connectivity index (χ4v) is 4.17. The molecule has 1 saturated heterocycles. The number of carbonyl (C=O) groups is 3. The highest BCUT2D eigenvalue weighted by atomic mass is 35.5. The maximum Gasteiger partial charge on any atom is 0.293 e. The predicted octanol–water partition coefficient (Wildman–Crippen LogP) is 3.57. The molecule has 4 rings (SSSR count). The Morgan fingerprint density at radius 3 is 2.51 bits per heavy atom. The molecule has 1 fully saturated rings. The molecule has 1 unspecified atom stereocenters. The quantitative estimate of drug-likeness (QED) is 0.233. The first-order valence-electron chi connectivity index (χ1n) is 12.8. The number of fused-ring (bicyclic) bond motifs is 1. The summed E-state index contributed by atoms with van der Waals surface area (Å²) in [5, 5.41) is 10.5. The van der Waals surface area contributed by atoms with Crippen molar-refractivity contribution in [3.05, 3.63) is 64.8 Å². The van der Waals surface area contributed by atoms with Gasteiger partial charge in [-0.05, 0) is 83.0 Å². The average molecular weight is 560 g/mol. The van der Waals surface area contributed by atoms with Crippen LogP contribution in [-0.4, -0.2) is 65.4 Å². The van der Waals surface area contributed by atoms with Crippen molar-refractivity contribution in [3.8, 4) is 0 Å². The van der Waals surface area contributed by atoms with Gasteiger partial charge >= 0.3 is 0 Å². The number of ketones is 1. The van der Waals surface area contributed by atoms with Crippen molar-refractivity contribution in [3.63, 3.8) is 0 Å². The lowest BCUT2D eigenvalue weighted by Crippen LogP contribution is -2.49. The van der Waals surface area contributed by atoms with Crippen LogP contribution in [-0.2, 0) is 20.7 Å². The zero-order chi connectivity index (χ0) is 28.4. The molecule has 210 valence electrons. The number of halogens is 2. The molecule has 1 aliphatic rings. The molecule has 39 heavy (non-hydrogen) atoms. The van der Waals surface area contributed by atoms with E-state index in [2.05, 4.69) is 30.7 Å². The Hall–Kier alpha value is -3.34. The number of nitrogens with zero attached hydrogens (tertiary/aromatic N) is 1. The number of carbonyl (C=O) groups excluding carboxylic acids is 3. The average Bonchev–Trinajstić information content (AvgIpc) is 3.32. The number of nitrogens with one attached hydrogen (secondary N) is 4. The molecule has 9 nitrogen and oxygen atoms in total. The summed E-state index contributed by atoms with van der Waals surface area (Å²) in [5.41, 5.74) is 1.43. The topological polar surface area (TPSA) is 125 Å². The van der Waals surface area contributed by atoms with E-state index in [1.165, 1.54) is 12.1 Å². The van der Waals surface area contributed by atoms with Crippen LogP contribution in [0.25, 0.3) is 10.9 Å². The summed E-state index contributed by atoms with van der Waals surface area (Å²) in [6.07, 6.45) is 3.73. The molecule has 0 spiro atoms. The predicted molar refractivity (Wildman–Crippen MR) is 148 cm³/mol. The van der Waals surface area contributed by atoms with Gasteiger partial charge in [0.25, 0.3) is 12.4 Å². The van der Waals surface area contributed by atoms with Crippen molar-refractivity contribution in [2.45, 2.75) is 57.7 Å². The van der Waals surface area contributed by atoms with Crippen molar-refractivity contribution < 1.29 is 23.5 Å². The maximum atomic E-state index is 13.3. The van der Waals surface area contributed by atoms with Gasteiger partial charge in [0.05, 0.1) is 24.3 Å². The van der Waals surface area contributed by atoms with Crippen LogP contribution in [0, 0.1) is 5.82 Å². The lowest BCUT2D eigenvalue weighted by Gasteiger charge is -2.25. The summed E-state index contributed by atoms with van der Waals surface area (Å²) in [4.78, 5) is 42.6. The van der Waals surface area contributed by atoms with E-state index in [-0.39, 0.29) is 36.2 Å². The van der Waals surface area contributed by atoms with E-state index in [1.807, 2.05) is 20.8 Å². The van der Waals surface area contributed by atoms with Crippen LogP contribution in [0.4, 0.5) is 4.39 Å². The number of amides is 1. The molecule has 1 aliphatic heterocycles. The highest BCUT2D eigenvalue weighted by Crippen LogP contribution is 2.18. The van der Waals surface area contributed by atoms with E-state index in [0.717, 1.165) is 36.9 Å². The van der Waals surface area contributed by atoms with E-state index in [0.29, 0.717) is 22.8 Å². The van der Waals surface area contributed by atoms with Crippen LogP contribution in [0.15, 0.2) is 42.6 Å². The Kier molecular flexibility index (Phi) is 11.0. The molecule has 1 atom stereocenters. The van der Waals surface area contributed by atoms with Gasteiger partial charge in [0.15, 0.2) is 5.78 Å². The van der Waals surface area contributed by atoms with Crippen LogP contribution in [0.2, 0.25) is 5.15 Å². The molecular formula is C28H35ClFN5O4. The van der Waals surface area contributed by atoms with E-state index in [9.17, 15) is 18.8 Å². The van der Waals surface area contributed by atoms with Crippen molar-refractivity contribution >= 4 is 40.7 Å². The zero-order valence-electron chi connectivity index (χ0n) is 22.4. The Morgan fingerprint density at radius 1 is 1.21 bits per heavy atom. The maximum absolute atomic E-state index is 13.3. The Balaban J connectivity index is 0.000000532. The summed E-state index contributed by atoms with van der Waals surface area (Å²) >= 11 is 5.93. The van der Waals surface area contributed by atoms with Gasteiger partial charge in [-0.3, -0.25) is 14.4 Å². The first-order valence-corrected chi connectivity index (χ1v) is 13.2. The number of H-pyrrole nitrogens is 1. The molecule has 1 amide bonds. The van der Waals surface area contributed by atoms with E-state index in [1.54, 1.807) is 30.5 Å². The Morgan fingerprint density at radius 2 is 1.90 bits per heavy atom. The van der Waals surface area contributed by atoms with E-state index < -0.39 is 11.9 Å². The minimum Gasteiger partial charge on any atom is -0.462 e. The van der Waals surface area contributed by atoms with Gasteiger partial charge < -0.3 is 25.7 Å².